The predicted molar refractivity (Wildman–Crippen MR) is 113 cm³/mol. The lowest BCUT2D eigenvalue weighted by atomic mass is 9.95. The molecule has 0 unspecified atom stereocenters. The number of carbonyl (C=O) groups excluding carboxylic acids is 2. The van der Waals surface area contributed by atoms with Crippen molar-refractivity contribution in [1.29, 1.82) is 0 Å². The average Bonchev–Trinajstić information content (AvgIpc) is 3.04. The third-order valence-electron chi connectivity index (χ3n) is 5.05. The quantitative estimate of drug-likeness (QED) is 0.323. The number of benzene rings is 2. The zero-order chi connectivity index (χ0) is 20.4. The van der Waals surface area contributed by atoms with Crippen molar-refractivity contribution in [3.8, 4) is 11.1 Å². The molecule has 3 aromatic rings. The van der Waals surface area contributed by atoms with Crippen LogP contribution in [0.15, 0.2) is 49.2 Å². The van der Waals surface area contributed by atoms with Gasteiger partial charge in [-0.3, -0.25) is 4.79 Å². The van der Waals surface area contributed by atoms with Crippen molar-refractivity contribution in [2.45, 2.75) is 33.2 Å². The fourth-order valence-corrected chi connectivity index (χ4v) is 3.68. The molecule has 1 aromatic heterocycles. The Kier molecular flexibility index (Phi) is 5.50. The molecule has 0 bridgehead atoms. The minimum Gasteiger partial charge on any atom is -0.465 e. The number of aldehydes is 1. The molecule has 0 aliphatic carbocycles. The molecule has 0 saturated heterocycles. The van der Waals surface area contributed by atoms with Crippen LogP contribution >= 0.6 is 0 Å². The number of nitrogens with zero attached hydrogens (tertiary/aromatic N) is 1. The van der Waals surface area contributed by atoms with E-state index < -0.39 is 0 Å². The molecule has 0 atom stereocenters. The molecule has 0 radical (unpaired) electrons. The highest BCUT2D eigenvalue weighted by Crippen LogP contribution is 2.33. The topological polar surface area (TPSA) is 48.3 Å². The summed E-state index contributed by atoms with van der Waals surface area (Å²) in [7, 11) is 1.39. The maximum absolute atomic E-state index is 12.5. The van der Waals surface area contributed by atoms with Gasteiger partial charge in [0, 0.05) is 28.7 Å². The smallest absolute Gasteiger partial charge is 0.338 e. The minimum atomic E-state index is -0.365. The van der Waals surface area contributed by atoms with Gasteiger partial charge in [-0.2, -0.15) is 0 Å². The van der Waals surface area contributed by atoms with Crippen LogP contribution in [0.1, 0.15) is 51.7 Å². The predicted octanol–water partition coefficient (Wildman–Crippen LogP) is 5.53. The molecule has 0 aliphatic heterocycles. The van der Waals surface area contributed by atoms with Crippen LogP contribution in [0.2, 0.25) is 0 Å². The molecule has 4 heteroatoms. The highest BCUT2D eigenvalue weighted by Gasteiger charge is 2.19. The summed E-state index contributed by atoms with van der Waals surface area (Å²) >= 11 is 0. The Morgan fingerprint density at radius 2 is 1.96 bits per heavy atom. The summed E-state index contributed by atoms with van der Waals surface area (Å²) < 4.78 is 7.20. The fourth-order valence-electron chi connectivity index (χ4n) is 3.68. The molecule has 0 spiro atoms. The van der Waals surface area contributed by atoms with Crippen LogP contribution < -0.4 is 0 Å². The van der Waals surface area contributed by atoms with E-state index in [2.05, 4.69) is 37.3 Å². The maximum atomic E-state index is 12.5. The van der Waals surface area contributed by atoms with Crippen molar-refractivity contribution in [2.24, 2.45) is 0 Å². The molecule has 3 rings (SSSR count). The van der Waals surface area contributed by atoms with Crippen molar-refractivity contribution in [1.82, 2.24) is 4.57 Å². The normalized spacial score (nSPS) is 11.0. The Hall–Kier alpha value is -3.14. The van der Waals surface area contributed by atoms with Crippen molar-refractivity contribution in [3.05, 3.63) is 71.4 Å². The van der Waals surface area contributed by atoms with E-state index in [4.69, 9.17) is 4.74 Å². The number of hydrogen-bond acceptors (Lipinski definition) is 3. The van der Waals surface area contributed by atoms with Gasteiger partial charge in [0.05, 0.1) is 12.7 Å². The molecule has 2 aromatic carbocycles. The summed E-state index contributed by atoms with van der Waals surface area (Å²) in [5, 5.41) is 0.906. The van der Waals surface area contributed by atoms with Gasteiger partial charge in [0.15, 0.2) is 0 Å². The molecule has 0 saturated carbocycles. The number of fused-ring (bicyclic) bond motifs is 1. The monoisotopic (exact) mass is 375 g/mol. The maximum Gasteiger partial charge on any atom is 0.338 e. The van der Waals surface area contributed by atoms with Crippen molar-refractivity contribution < 1.29 is 14.3 Å². The van der Waals surface area contributed by atoms with Crippen LogP contribution in [0, 0.1) is 6.92 Å². The zero-order valence-corrected chi connectivity index (χ0v) is 16.8. The standard InChI is InChI=1S/C24H25NO3/c1-6-7-17-8-9-18(10-20(17)14-26)19-11-21(24(27)28-5)23-16(4)13-25(15(2)3)22(23)12-19/h6,8-15H,1,7H2,2-5H3. The summed E-state index contributed by atoms with van der Waals surface area (Å²) in [6, 6.07) is 9.95. The highest BCUT2D eigenvalue weighted by atomic mass is 16.5. The third kappa shape index (κ3) is 3.38. The van der Waals surface area contributed by atoms with Crippen molar-refractivity contribution in [2.75, 3.05) is 7.11 Å². The Labute approximate surface area is 165 Å². The first-order valence-electron chi connectivity index (χ1n) is 9.34. The van der Waals surface area contributed by atoms with Crippen LogP contribution in [0.3, 0.4) is 0 Å². The summed E-state index contributed by atoms with van der Waals surface area (Å²) in [6.07, 6.45) is 5.34. The second kappa shape index (κ2) is 7.85. The lowest BCUT2D eigenvalue weighted by Gasteiger charge is -2.13. The number of methoxy groups -OCH3 is 1. The van der Waals surface area contributed by atoms with E-state index in [1.54, 1.807) is 6.08 Å². The number of rotatable bonds is 6. The van der Waals surface area contributed by atoms with Crippen molar-refractivity contribution >= 4 is 23.2 Å². The molecule has 0 aliphatic rings. The van der Waals surface area contributed by atoms with Crippen molar-refractivity contribution in [3.63, 3.8) is 0 Å². The number of aryl methyl sites for hydroxylation is 1. The van der Waals surface area contributed by atoms with E-state index in [1.807, 2.05) is 31.2 Å². The Bertz CT molecular complexity index is 1070. The van der Waals surface area contributed by atoms with E-state index in [0.717, 1.165) is 39.4 Å². The van der Waals surface area contributed by atoms with E-state index in [-0.39, 0.29) is 12.0 Å². The van der Waals surface area contributed by atoms with Gasteiger partial charge in [-0.05, 0) is 67.6 Å². The second-order valence-electron chi connectivity index (χ2n) is 7.25. The third-order valence-corrected chi connectivity index (χ3v) is 5.05. The Morgan fingerprint density at radius 3 is 2.57 bits per heavy atom. The van der Waals surface area contributed by atoms with Gasteiger partial charge in [-0.25, -0.2) is 4.79 Å². The van der Waals surface area contributed by atoms with Crippen LogP contribution in [-0.2, 0) is 11.2 Å². The summed E-state index contributed by atoms with van der Waals surface area (Å²) in [4.78, 5) is 24.1. The summed E-state index contributed by atoms with van der Waals surface area (Å²) in [5.74, 6) is -0.365. The molecule has 0 amide bonds. The zero-order valence-electron chi connectivity index (χ0n) is 16.8. The Balaban J connectivity index is 2.30. The minimum absolute atomic E-state index is 0.248. The van der Waals surface area contributed by atoms with Gasteiger partial charge < -0.3 is 9.30 Å². The van der Waals surface area contributed by atoms with E-state index in [1.165, 1.54) is 7.11 Å². The molecular weight excluding hydrogens is 350 g/mol. The first-order valence-corrected chi connectivity index (χ1v) is 9.34. The molecule has 4 nitrogen and oxygen atoms in total. The molecular formula is C24H25NO3. The molecule has 28 heavy (non-hydrogen) atoms. The number of hydrogen-bond donors (Lipinski definition) is 0. The van der Waals surface area contributed by atoms with E-state index in [0.29, 0.717) is 17.5 Å². The lowest BCUT2D eigenvalue weighted by molar-refractivity contribution is 0.0603. The van der Waals surface area contributed by atoms with Gasteiger partial charge in [0.2, 0.25) is 0 Å². The number of aromatic nitrogens is 1. The van der Waals surface area contributed by atoms with E-state index >= 15 is 0 Å². The Morgan fingerprint density at radius 1 is 1.21 bits per heavy atom. The van der Waals surface area contributed by atoms with Crippen LogP contribution in [0.25, 0.3) is 22.0 Å². The molecule has 1 heterocycles. The summed E-state index contributed by atoms with van der Waals surface area (Å²) in [5.41, 5.74) is 5.88. The SMILES string of the molecule is C=CCc1ccc(-c2cc(C(=O)OC)c3c(C)cn(C(C)C)c3c2)cc1C=O. The molecule has 0 N–H and O–H groups in total. The number of ether oxygens (including phenoxy) is 1. The van der Waals surface area contributed by atoms with Crippen LogP contribution in [0.5, 0.6) is 0 Å². The molecule has 0 fully saturated rings. The largest absolute Gasteiger partial charge is 0.465 e. The van der Waals surface area contributed by atoms with Gasteiger partial charge >= 0.3 is 5.97 Å². The summed E-state index contributed by atoms with van der Waals surface area (Å²) in [6.45, 7) is 9.96. The highest BCUT2D eigenvalue weighted by molar-refractivity contribution is 6.07. The van der Waals surface area contributed by atoms with Gasteiger partial charge in [0.1, 0.15) is 6.29 Å². The second-order valence-corrected chi connectivity index (χ2v) is 7.25. The molecule has 144 valence electrons. The fraction of sp³-hybridized carbons (Fsp3) is 0.250. The number of esters is 1. The first-order chi connectivity index (χ1) is 13.4. The van der Waals surface area contributed by atoms with Gasteiger partial charge in [0.25, 0.3) is 0 Å². The van der Waals surface area contributed by atoms with Gasteiger partial charge in [-0.15, -0.1) is 6.58 Å². The lowest BCUT2D eigenvalue weighted by Crippen LogP contribution is -2.04. The van der Waals surface area contributed by atoms with Crippen LogP contribution in [-0.4, -0.2) is 23.9 Å². The average molecular weight is 375 g/mol. The number of carbonyl (C=O) groups is 2. The number of allylic oxidation sites excluding steroid dienone is 1. The first kappa shape index (κ1) is 19.6. The van der Waals surface area contributed by atoms with Crippen LogP contribution in [0.4, 0.5) is 0 Å². The van der Waals surface area contributed by atoms with Gasteiger partial charge in [-0.1, -0.05) is 18.2 Å². The van der Waals surface area contributed by atoms with E-state index in [9.17, 15) is 9.59 Å².